The number of hydrogen-bond donors (Lipinski definition) is 2. The number of aryl methyl sites for hydroxylation is 2. The molecule has 0 amide bonds. The Morgan fingerprint density at radius 3 is 2.73 bits per heavy atom. The number of carboxylic acids is 1. The third kappa shape index (κ3) is 3.58. The Bertz CT molecular complexity index is 677. The molecule has 0 atom stereocenters. The molecule has 6 nitrogen and oxygen atoms in total. The van der Waals surface area contributed by atoms with Gasteiger partial charge in [-0.3, -0.25) is 4.68 Å². The van der Waals surface area contributed by atoms with Crippen LogP contribution in [0.2, 0.25) is 0 Å². The fraction of sp³-hybridized carbons (Fsp3) is 0.375. The Hall–Kier alpha value is -2.50. The summed E-state index contributed by atoms with van der Waals surface area (Å²) >= 11 is 0. The summed E-state index contributed by atoms with van der Waals surface area (Å²) in [6.45, 7) is 6.20. The molecule has 118 valence electrons. The van der Waals surface area contributed by atoms with Gasteiger partial charge in [0.05, 0.1) is 29.7 Å². The van der Waals surface area contributed by atoms with Crippen LogP contribution < -0.4 is 10.1 Å². The van der Waals surface area contributed by atoms with Crippen molar-refractivity contribution in [1.29, 1.82) is 0 Å². The normalized spacial score (nSPS) is 10.8. The van der Waals surface area contributed by atoms with Crippen LogP contribution in [-0.2, 0) is 13.6 Å². The van der Waals surface area contributed by atoms with Crippen molar-refractivity contribution >= 4 is 11.7 Å². The molecule has 0 fully saturated rings. The zero-order valence-electron chi connectivity index (χ0n) is 13.3. The zero-order chi connectivity index (χ0) is 16.3. The Balaban J connectivity index is 2.27. The van der Waals surface area contributed by atoms with Gasteiger partial charge in [0, 0.05) is 7.05 Å². The van der Waals surface area contributed by atoms with E-state index in [4.69, 9.17) is 4.74 Å². The SMILES string of the molecule is Cc1cc(CNc2cccc(C(=O)O)c2OC(C)C)n(C)n1. The molecule has 0 aliphatic carbocycles. The fourth-order valence-electron chi connectivity index (χ4n) is 2.22. The third-order valence-corrected chi connectivity index (χ3v) is 3.16. The number of hydrogen-bond acceptors (Lipinski definition) is 4. The van der Waals surface area contributed by atoms with E-state index in [1.165, 1.54) is 0 Å². The van der Waals surface area contributed by atoms with E-state index in [-0.39, 0.29) is 11.7 Å². The van der Waals surface area contributed by atoms with E-state index in [9.17, 15) is 9.90 Å². The van der Waals surface area contributed by atoms with E-state index in [0.717, 1.165) is 11.4 Å². The average Bonchev–Trinajstić information content (AvgIpc) is 2.74. The first-order valence-electron chi connectivity index (χ1n) is 7.15. The third-order valence-electron chi connectivity index (χ3n) is 3.16. The zero-order valence-corrected chi connectivity index (χ0v) is 13.3. The number of carbonyl (C=O) groups is 1. The van der Waals surface area contributed by atoms with Gasteiger partial charge < -0.3 is 15.2 Å². The molecule has 0 bridgehead atoms. The molecular formula is C16H21N3O3. The lowest BCUT2D eigenvalue weighted by Crippen LogP contribution is -2.13. The summed E-state index contributed by atoms with van der Waals surface area (Å²) in [5, 5.41) is 16.8. The predicted octanol–water partition coefficient (Wildman–Crippen LogP) is 2.83. The summed E-state index contributed by atoms with van der Waals surface area (Å²) in [4.78, 5) is 11.4. The topological polar surface area (TPSA) is 76.4 Å². The van der Waals surface area contributed by atoms with Crippen LogP contribution in [0, 0.1) is 6.92 Å². The molecule has 2 aromatic rings. The lowest BCUT2D eigenvalue weighted by atomic mass is 10.1. The fourth-order valence-corrected chi connectivity index (χ4v) is 2.22. The predicted molar refractivity (Wildman–Crippen MR) is 84.4 cm³/mol. The van der Waals surface area contributed by atoms with Gasteiger partial charge in [-0.2, -0.15) is 5.10 Å². The second-order valence-electron chi connectivity index (χ2n) is 5.41. The highest BCUT2D eigenvalue weighted by Gasteiger charge is 2.17. The molecule has 2 rings (SSSR count). The minimum absolute atomic E-state index is 0.111. The van der Waals surface area contributed by atoms with E-state index in [2.05, 4.69) is 10.4 Å². The van der Waals surface area contributed by atoms with Crippen LogP contribution in [0.1, 0.15) is 35.6 Å². The molecule has 0 radical (unpaired) electrons. The quantitative estimate of drug-likeness (QED) is 0.858. The molecule has 1 aromatic heterocycles. The van der Waals surface area contributed by atoms with Gasteiger partial charge in [0.25, 0.3) is 0 Å². The van der Waals surface area contributed by atoms with Crippen LogP contribution in [0.25, 0.3) is 0 Å². The van der Waals surface area contributed by atoms with Crippen LogP contribution in [-0.4, -0.2) is 27.0 Å². The van der Waals surface area contributed by atoms with Gasteiger partial charge in [-0.25, -0.2) is 4.79 Å². The second-order valence-corrected chi connectivity index (χ2v) is 5.41. The number of para-hydroxylation sites is 1. The highest BCUT2D eigenvalue weighted by molar-refractivity contribution is 5.93. The molecule has 1 heterocycles. The first-order valence-corrected chi connectivity index (χ1v) is 7.15. The van der Waals surface area contributed by atoms with Crippen molar-refractivity contribution < 1.29 is 14.6 Å². The minimum Gasteiger partial charge on any atom is -0.488 e. The van der Waals surface area contributed by atoms with Crippen LogP contribution >= 0.6 is 0 Å². The highest BCUT2D eigenvalue weighted by Crippen LogP contribution is 2.30. The van der Waals surface area contributed by atoms with E-state index >= 15 is 0 Å². The van der Waals surface area contributed by atoms with E-state index < -0.39 is 5.97 Å². The van der Waals surface area contributed by atoms with Crippen LogP contribution in [0.15, 0.2) is 24.3 Å². The van der Waals surface area contributed by atoms with Crippen molar-refractivity contribution in [2.24, 2.45) is 7.05 Å². The molecule has 0 unspecified atom stereocenters. The van der Waals surface area contributed by atoms with Crippen molar-refractivity contribution in [2.75, 3.05) is 5.32 Å². The Morgan fingerprint density at radius 1 is 1.45 bits per heavy atom. The summed E-state index contributed by atoms with van der Waals surface area (Å²) in [7, 11) is 1.88. The maximum atomic E-state index is 11.4. The maximum absolute atomic E-state index is 11.4. The number of carboxylic acid groups (broad SMARTS) is 1. The second kappa shape index (κ2) is 6.51. The number of anilines is 1. The van der Waals surface area contributed by atoms with E-state index in [0.29, 0.717) is 18.0 Å². The lowest BCUT2D eigenvalue weighted by molar-refractivity contribution is 0.0690. The Morgan fingerprint density at radius 2 is 2.18 bits per heavy atom. The van der Waals surface area contributed by atoms with Crippen molar-refractivity contribution in [3.8, 4) is 5.75 Å². The monoisotopic (exact) mass is 303 g/mol. The standard InChI is InChI=1S/C16H21N3O3/c1-10(2)22-15-13(16(20)21)6-5-7-14(15)17-9-12-8-11(3)18-19(12)4/h5-8,10,17H,9H2,1-4H3,(H,20,21). The van der Waals surface area contributed by atoms with Gasteiger partial charge >= 0.3 is 5.97 Å². The summed E-state index contributed by atoms with van der Waals surface area (Å²) in [5.41, 5.74) is 2.76. The van der Waals surface area contributed by atoms with Gasteiger partial charge in [-0.05, 0) is 39.0 Å². The van der Waals surface area contributed by atoms with Crippen LogP contribution in [0.3, 0.4) is 0 Å². The number of benzene rings is 1. The van der Waals surface area contributed by atoms with E-state index in [1.54, 1.807) is 16.8 Å². The van der Waals surface area contributed by atoms with Crippen molar-refractivity contribution in [3.63, 3.8) is 0 Å². The molecule has 1 aromatic carbocycles. The number of nitrogens with one attached hydrogen (secondary N) is 1. The van der Waals surface area contributed by atoms with Gasteiger partial charge in [0.1, 0.15) is 5.56 Å². The number of rotatable bonds is 6. The Labute approximate surface area is 129 Å². The van der Waals surface area contributed by atoms with E-state index in [1.807, 2.05) is 40.0 Å². The number of ether oxygens (including phenoxy) is 1. The van der Waals surface area contributed by atoms with Gasteiger partial charge in [-0.15, -0.1) is 0 Å². The maximum Gasteiger partial charge on any atom is 0.339 e. The first-order chi connectivity index (χ1) is 10.4. The summed E-state index contributed by atoms with van der Waals surface area (Å²) in [6, 6.07) is 7.04. The Kier molecular flexibility index (Phi) is 4.70. The van der Waals surface area contributed by atoms with Crippen molar-refractivity contribution in [1.82, 2.24) is 9.78 Å². The summed E-state index contributed by atoms with van der Waals surface area (Å²) < 4.78 is 7.49. The number of aromatic nitrogens is 2. The summed E-state index contributed by atoms with van der Waals surface area (Å²) in [5.74, 6) is -0.639. The van der Waals surface area contributed by atoms with Crippen LogP contribution in [0.4, 0.5) is 5.69 Å². The largest absolute Gasteiger partial charge is 0.488 e. The molecular weight excluding hydrogens is 282 g/mol. The average molecular weight is 303 g/mol. The molecule has 22 heavy (non-hydrogen) atoms. The molecule has 0 aliphatic rings. The van der Waals surface area contributed by atoms with Crippen LogP contribution in [0.5, 0.6) is 5.75 Å². The van der Waals surface area contributed by atoms with Gasteiger partial charge in [0.15, 0.2) is 5.75 Å². The molecule has 0 saturated carbocycles. The molecule has 0 saturated heterocycles. The molecule has 0 spiro atoms. The summed E-state index contributed by atoms with van der Waals surface area (Å²) in [6.07, 6.45) is -0.111. The first kappa shape index (κ1) is 15.9. The van der Waals surface area contributed by atoms with Crippen molar-refractivity contribution in [3.05, 3.63) is 41.2 Å². The molecule has 2 N–H and O–H groups in total. The van der Waals surface area contributed by atoms with Gasteiger partial charge in [0.2, 0.25) is 0 Å². The lowest BCUT2D eigenvalue weighted by Gasteiger charge is -2.17. The number of aromatic carboxylic acids is 1. The highest BCUT2D eigenvalue weighted by atomic mass is 16.5. The molecule has 6 heteroatoms. The van der Waals surface area contributed by atoms with Crippen molar-refractivity contribution in [2.45, 2.75) is 33.4 Å². The van der Waals surface area contributed by atoms with Gasteiger partial charge in [-0.1, -0.05) is 6.07 Å². The smallest absolute Gasteiger partial charge is 0.339 e. The molecule has 0 aliphatic heterocycles. The minimum atomic E-state index is -1.00. The number of nitrogens with zero attached hydrogens (tertiary/aromatic N) is 2.